The lowest BCUT2D eigenvalue weighted by molar-refractivity contribution is -0.237. The number of carbonyl (C=O) groups is 1. The summed E-state index contributed by atoms with van der Waals surface area (Å²) < 4.78 is 5.13. The molecule has 7 nitrogen and oxygen atoms in total. The van der Waals surface area contributed by atoms with Crippen LogP contribution in [0.5, 0.6) is 0 Å². The van der Waals surface area contributed by atoms with Gasteiger partial charge in [-0.05, 0) is 6.92 Å². The Morgan fingerprint density at radius 1 is 1.62 bits per heavy atom. The van der Waals surface area contributed by atoms with Crippen molar-refractivity contribution >= 4 is 5.97 Å². The van der Waals surface area contributed by atoms with Gasteiger partial charge in [-0.25, -0.2) is 4.79 Å². The summed E-state index contributed by atoms with van der Waals surface area (Å²) in [6, 6.07) is 0. The molecule has 2 unspecified atom stereocenters. The number of aliphatic hydroxyl groups excluding tert-OH is 3. The molecule has 0 radical (unpaired) electrons. The molecule has 0 aromatic carbocycles. The molecule has 16 heavy (non-hydrogen) atoms. The highest BCUT2D eigenvalue weighted by molar-refractivity contribution is 5.77. The maximum absolute atomic E-state index is 11.0. The Kier molecular flexibility index (Phi) is 3.87. The molecule has 7 heteroatoms. The van der Waals surface area contributed by atoms with Gasteiger partial charge in [0.15, 0.2) is 5.60 Å². The van der Waals surface area contributed by atoms with Gasteiger partial charge in [-0.1, -0.05) is 0 Å². The Morgan fingerprint density at radius 3 is 2.62 bits per heavy atom. The summed E-state index contributed by atoms with van der Waals surface area (Å²) in [5.74, 6) is -1.26. The third-order valence-electron chi connectivity index (χ3n) is 2.80. The predicted octanol–water partition coefficient (Wildman–Crippen LogP) is -2.34. The summed E-state index contributed by atoms with van der Waals surface area (Å²) >= 11 is 0. The fourth-order valence-corrected chi connectivity index (χ4v) is 1.73. The zero-order valence-electron chi connectivity index (χ0n) is 8.91. The summed E-state index contributed by atoms with van der Waals surface area (Å²) in [7, 11) is 0. The molecular weight excluding hydrogens is 218 g/mol. The lowest BCUT2D eigenvalue weighted by atomic mass is 9.87. The van der Waals surface area contributed by atoms with E-state index in [9.17, 15) is 20.1 Å². The van der Waals surface area contributed by atoms with Crippen LogP contribution in [0, 0.1) is 0 Å². The molecular formula is C9H17NO6. The molecule has 1 aliphatic rings. The van der Waals surface area contributed by atoms with Crippen molar-refractivity contribution in [3.8, 4) is 0 Å². The largest absolute Gasteiger partial charge is 0.479 e. The number of hydrogen-bond donors (Lipinski definition) is 5. The van der Waals surface area contributed by atoms with Gasteiger partial charge in [0.1, 0.15) is 12.2 Å². The van der Waals surface area contributed by atoms with E-state index in [0.717, 1.165) is 0 Å². The first kappa shape index (κ1) is 13.3. The van der Waals surface area contributed by atoms with Crippen molar-refractivity contribution in [2.75, 3.05) is 6.54 Å². The number of carboxylic acid groups (broad SMARTS) is 1. The molecule has 0 bridgehead atoms. The standard InChI is InChI=1S/C9H17NO6/c1-9(8(14)15)2-4(11)6(13)7(16-9)5(12)3-10/h4-7,11-13H,2-3,10H2,1H3,(H,14,15)/t4-,5-,6?,7?,9-/m1/s1. The average Bonchev–Trinajstić information content (AvgIpc) is 2.22. The van der Waals surface area contributed by atoms with E-state index in [1.54, 1.807) is 0 Å². The zero-order chi connectivity index (χ0) is 12.5. The van der Waals surface area contributed by atoms with Crippen molar-refractivity contribution in [1.29, 1.82) is 0 Å². The van der Waals surface area contributed by atoms with Gasteiger partial charge in [-0.2, -0.15) is 0 Å². The first-order valence-corrected chi connectivity index (χ1v) is 4.97. The van der Waals surface area contributed by atoms with Crippen molar-refractivity contribution in [3.63, 3.8) is 0 Å². The molecule has 1 aliphatic heterocycles. The summed E-state index contributed by atoms with van der Waals surface area (Å²) in [4.78, 5) is 11.0. The Balaban J connectivity index is 2.89. The summed E-state index contributed by atoms with van der Waals surface area (Å²) in [5.41, 5.74) is 3.58. The van der Waals surface area contributed by atoms with Gasteiger partial charge in [-0.3, -0.25) is 0 Å². The van der Waals surface area contributed by atoms with Crippen molar-refractivity contribution in [2.45, 2.75) is 43.4 Å². The monoisotopic (exact) mass is 235 g/mol. The molecule has 0 spiro atoms. The minimum Gasteiger partial charge on any atom is -0.479 e. The Bertz CT molecular complexity index is 273. The first-order valence-electron chi connectivity index (χ1n) is 4.97. The van der Waals surface area contributed by atoms with Gasteiger partial charge in [0.05, 0.1) is 12.2 Å². The third-order valence-corrected chi connectivity index (χ3v) is 2.80. The molecule has 1 fully saturated rings. The second-order valence-electron chi connectivity index (χ2n) is 4.18. The lowest BCUT2D eigenvalue weighted by Crippen LogP contribution is -2.61. The molecule has 0 aromatic heterocycles. The van der Waals surface area contributed by atoms with Crippen LogP contribution in [0.2, 0.25) is 0 Å². The van der Waals surface area contributed by atoms with Crippen molar-refractivity contribution in [2.24, 2.45) is 5.73 Å². The molecule has 6 N–H and O–H groups in total. The maximum atomic E-state index is 11.0. The Morgan fingerprint density at radius 2 is 2.19 bits per heavy atom. The van der Waals surface area contributed by atoms with E-state index in [1.807, 2.05) is 0 Å². The Labute approximate surface area is 92.4 Å². The van der Waals surface area contributed by atoms with E-state index >= 15 is 0 Å². The number of aliphatic hydroxyl groups is 3. The van der Waals surface area contributed by atoms with Crippen LogP contribution in [0.25, 0.3) is 0 Å². The Hall–Kier alpha value is -0.730. The van der Waals surface area contributed by atoms with Gasteiger partial charge in [0.2, 0.25) is 0 Å². The fourth-order valence-electron chi connectivity index (χ4n) is 1.73. The smallest absolute Gasteiger partial charge is 0.335 e. The van der Waals surface area contributed by atoms with Crippen LogP contribution < -0.4 is 5.73 Å². The van der Waals surface area contributed by atoms with E-state index in [1.165, 1.54) is 6.92 Å². The van der Waals surface area contributed by atoms with Crippen LogP contribution in [0.3, 0.4) is 0 Å². The SMILES string of the molecule is C[C@]1(C(=O)O)C[C@@H](O)C(O)C([C@H](O)CN)O1. The minimum absolute atomic E-state index is 0.190. The molecule has 1 heterocycles. The normalized spacial score (nSPS) is 41.7. The molecule has 0 amide bonds. The van der Waals surface area contributed by atoms with Crippen molar-refractivity contribution in [3.05, 3.63) is 0 Å². The lowest BCUT2D eigenvalue weighted by Gasteiger charge is -2.42. The fraction of sp³-hybridized carbons (Fsp3) is 0.889. The van der Waals surface area contributed by atoms with E-state index in [2.05, 4.69) is 0 Å². The zero-order valence-corrected chi connectivity index (χ0v) is 8.91. The second kappa shape index (κ2) is 4.64. The van der Waals surface area contributed by atoms with E-state index < -0.39 is 36.0 Å². The van der Waals surface area contributed by atoms with Crippen molar-refractivity contribution < 1.29 is 30.0 Å². The van der Waals surface area contributed by atoms with Gasteiger partial charge >= 0.3 is 5.97 Å². The molecule has 1 saturated heterocycles. The molecule has 0 aromatic rings. The number of aliphatic carboxylic acids is 1. The molecule has 0 saturated carbocycles. The summed E-state index contributed by atoms with van der Waals surface area (Å²) in [6.45, 7) is 1.09. The van der Waals surface area contributed by atoms with E-state index in [4.69, 9.17) is 15.6 Å². The third kappa shape index (κ3) is 2.33. The van der Waals surface area contributed by atoms with Gasteiger partial charge in [0, 0.05) is 13.0 Å². The highest BCUT2D eigenvalue weighted by Crippen LogP contribution is 2.30. The number of rotatable bonds is 3. The molecule has 0 aliphatic carbocycles. The molecule has 94 valence electrons. The number of hydrogen-bond acceptors (Lipinski definition) is 6. The van der Waals surface area contributed by atoms with Crippen molar-refractivity contribution in [1.82, 2.24) is 0 Å². The average molecular weight is 235 g/mol. The summed E-state index contributed by atoms with van der Waals surface area (Å²) in [5, 5.41) is 37.5. The van der Waals surface area contributed by atoms with E-state index in [-0.39, 0.29) is 13.0 Å². The second-order valence-corrected chi connectivity index (χ2v) is 4.18. The topological polar surface area (TPSA) is 133 Å². The van der Waals surface area contributed by atoms with Crippen LogP contribution in [-0.2, 0) is 9.53 Å². The minimum atomic E-state index is -1.63. The molecule has 1 rings (SSSR count). The number of ether oxygens (including phenoxy) is 1. The van der Waals surface area contributed by atoms with Crippen LogP contribution in [-0.4, -0.2) is 63.0 Å². The highest BCUT2D eigenvalue weighted by atomic mass is 16.6. The number of carboxylic acids is 1. The maximum Gasteiger partial charge on any atom is 0.335 e. The first-order chi connectivity index (χ1) is 7.31. The van der Waals surface area contributed by atoms with Gasteiger partial charge in [0.25, 0.3) is 0 Å². The summed E-state index contributed by atoms with van der Waals surface area (Å²) in [6.07, 6.45) is -5.26. The van der Waals surface area contributed by atoms with Crippen LogP contribution in [0.15, 0.2) is 0 Å². The molecule has 5 atom stereocenters. The quantitative estimate of drug-likeness (QED) is 0.370. The predicted molar refractivity (Wildman–Crippen MR) is 52.6 cm³/mol. The van der Waals surface area contributed by atoms with Crippen LogP contribution >= 0.6 is 0 Å². The van der Waals surface area contributed by atoms with Gasteiger partial charge < -0.3 is 30.9 Å². The van der Waals surface area contributed by atoms with Crippen LogP contribution in [0.4, 0.5) is 0 Å². The van der Waals surface area contributed by atoms with Gasteiger partial charge in [-0.15, -0.1) is 0 Å². The van der Waals surface area contributed by atoms with E-state index in [0.29, 0.717) is 0 Å². The highest BCUT2D eigenvalue weighted by Gasteiger charge is 2.49. The van der Waals surface area contributed by atoms with Crippen LogP contribution in [0.1, 0.15) is 13.3 Å². The number of nitrogens with two attached hydrogens (primary N) is 1.